The molecule has 4 heteroatoms. The van der Waals surface area contributed by atoms with E-state index in [1.807, 2.05) is 11.9 Å². The molecule has 0 bridgehead atoms. The molecule has 1 N–H and O–H groups in total. The van der Waals surface area contributed by atoms with Crippen molar-refractivity contribution < 1.29 is 9.90 Å². The second-order valence-corrected chi connectivity index (χ2v) is 5.75. The first kappa shape index (κ1) is 13.8. The first-order valence-corrected chi connectivity index (χ1v) is 7.33. The molecule has 0 aromatic heterocycles. The Hall–Kier alpha value is -0.610. The number of hydrogen-bond donors (Lipinski definition) is 1. The Morgan fingerprint density at radius 2 is 1.94 bits per heavy atom. The molecular weight excluding hydrogens is 228 g/mol. The molecule has 1 aliphatic heterocycles. The monoisotopic (exact) mass is 254 g/mol. The fourth-order valence-electron chi connectivity index (χ4n) is 3.27. The molecule has 1 aliphatic carbocycles. The molecule has 2 fully saturated rings. The van der Waals surface area contributed by atoms with Crippen molar-refractivity contribution in [2.75, 3.05) is 26.7 Å². The number of aliphatic hydroxyl groups excluding tert-OH is 1. The second kappa shape index (κ2) is 6.53. The lowest BCUT2D eigenvalue weighted by atomic mass is 9.94. The van der Waals surface area contributed by atoms with Gasteiger partial charge in [0.1, 0.15) is 0 Å². The van der Waals surface area contributed by atoms with Crippen molar-refractivity contribution in [2.45, 2.75) is 57.0 Å². The molecular formula is C14H26N2O2. The van der Waals surface area contributed by atoms with Gasteiger partial charge in [-0.3, -0.25) is 9.69 Å². The number of carbonyl (C=O) groups is 1. The van der Waals surface area contributed by atoms with Crippen LogP contribution in [0.5, 0.6) is 0 Å². The van der Waals surface area contributed by atoms with Crippen LogP contribution < -0.4 is 0 Å². The number of likely N-dealkylation sites (N-methyl/N-ethyl adjacent to an activating group) is 1. The summed E-state index contributed by atoms with van der Waals surface area (Å²) in [6, 6.07) is 0.648. The second-order valence-electron chi connectivity index (χ2n) is 5.75. The summed E-state index contributed by atoms with van der Waals surface area (Å²) in [5, 5.41) is 9.27. The number of hydrogen-bond acceptors (Lipinski definition) is 3. The van der Waals surface area contributed by atoms with Crippen LogP contribution in [0.3, 0.4) is 0 Å². The number of aliphatic hydroxyl groups is 1. The molecule has 0 radical (unpaired) electrons. The maximum Gasteiger partial charge on any atom is 0.236 e. The SMILES string of the molecule is CN(C(=O)CN1CCC[C@H]1CO)C1CCCCC1. The van der Waals surface area contributed by atoms with Crippen LogP contribution in [0.15, 0.2) is 0 Å². The van der Waals surface area contributed by atoms with Gasteiger partial charge in [0.2, 0.25) is 5.91 Å². The van der Waals surface area contributed by atoms with Crippen molar-refractivity contribution in [3.63, 3.8) is 0 Å². The van der Waals surface area contributed by atoms with Gasteiger partial charge >= 0.3 is 0 Å². The van der Waals surface area contributed by atoms with Gasteiger partial charge in [-0.2, -0.15) is 0 Å². The predicted molar refractivity (Wildman–Crippen MR) is 71.3 cm³/mol. The van der Waals surface area contributed by atoms with Crippen molar-refractivity contribution in [3.8, 4) is 0 Å². The van der Waals surface area contributed by atoms with Crippen LogP contribution in [0.4, 0.5) is 0 Å². The van der Waals surface area contributed by atoms with Gasteiger partial charge in [0.05, 0.1) is 13.2 Å². The first-order chi connectivity index (χ1) is 8.72. The molecule has 18 heavy (non-hydrogen) atoms. The molecule has 1 atom stereocenters. The quantitative estimate of drug-likeness (QED) is 0.821. The topological polar surface area (TPSA) is 43.8 Å². The van der Waals surface area contributed by atoms with Crippen LogP contribution in [0, 0.1) is 0 Å². The number of nitrogens with zero attached hydrogens (tertiary/aromatic N) is 2. The summed E-state index contributed by atoms with van der Waals surface area (Å²) in [5.74, 6) is 0.224. The van der Waals surface area contributed by atoms with E-state index in [-0.39, 0.29) is 18.6 Å². The minimum Gasteiger partial charge on any atom is -0.395 e. The van der Waals surface area contributed by atoms with Gasteiger partial charge in [0.25, 0.3) is 0 Å². The Morgan fingerprint density at radius 3 is 2.61 bits per heavy atom. The van der Waals surface area contributed by atoms with Crippen LogP contribution in [-0.2, 0) is 4.79 Å². The van der Waals surface area contributed by atoms with Gasteiger partial charge < -0.3 is 10.0 Å². The van der Waals surface area contributed by atoms with Crippen molar-refractivity contribution in [1.29, 1.82) is 0 Å². The lowest BCUT2D eigenvalue weighted by molar-refractivity contribution is -0.134. The highest BCUT2D eigenvalue weighted by atomic mass is 16.3. The normalized spacial score (nSPS) is 26.4. The molecule has 104 valence electrons. The molecule has 2 rings (SSSR count). The number of rotatable bonds is 4. The van der Waals surface area contributed by atoms with Crippen LogP contribution >= 0.6 is 0 Å². The minimum absolute atomic E-state index is 0.181. The van der Waals surface area contributed by atoms with Gasteiger partial charge in [-0.05, 0) is 32.2 Å². The van der Waals surface area contributed by atoms with Gasteiger partial charge in [0, 0.05) is 19.1 Å². The summed E-state index contributed by atoms with van der Waals surface area (Å²) in [6.45, 7) is 1.62. The van der Waals surface area contributed by atoms with E-state index in [1.54, 1.807) is 0 Å². The van der Waals surface area contributed by atoms with Crippen molar-refractivity contribution >= 4 is 5.91 Å². The summed E-state index contributed by atoms with van der Waals surface area (Å²) in [7, 11) is 1.95. The van der Waals surface area contributed by atoms with E-state index >= 15 is 0 Å². The van der Waals surface area contributed by atoms with E-state index < -0.39 is 0 Å². The predicted octanol–water partition coefficient (Wildman–Crippen LogP) is 1.23. The van der Waals surface area contributed by atoms with Gasteiger partial charge in [0.15, 0.2) is 0 Å². The molecule has 1 saturated carbocycles. The molecule has 2 aliphatic rings. The van der Waals surface area contributed by atoms with E-state index in [1.165, 1.54) is 19.3 Å². The van der Waals surface area contributed by atoms with E-state index in [0.717, 1.165) is 32.2 Å². The van der Waals surface area contributed by atoms with Crippen LogP contribution in [0.2, 0.25) is 0 Å². The molecule has 0 unspecified atom stereocenters. The molecule has 1 heterocycles. The van der Waals surface area contributed by atoms with E-state index in [2.05, 4.69) is 4.90 Å². The van der Waals surface area contributed by atoms with Crippen LogP contribution in [0.25, 0.3) is 0 Å². The average Bonchev–Trinajstić information content (AvgIpc) is 2.86. The number of likely N-dealkylation sites (tertiary alicyclic amines) is 1. The fourth-order valence-corrected chi connectivity index (χ4v) is 3.27. The maximum atomic E-state index is 12.3. The highest BCUT2D eigenvalue weighted by Crippen LogP contribution is 2.22. The largest absolute Gasteiger partial charge is 0.395 e. The van der Waals surface area contributed by atoms with E-state index in [4.69, 9.17) is 0 Å². The third kappa shape index (κ3) is 3.23. The van der Waals surface area contributed by atoms with Crippen LogP contribution in [-0.4, -0.2) is 59.6 Å². The summed E-state index contributed by atoms with van der Waals surface area (Å²) in [5.41, 5.74) is 0. The van der Waals surface area contributed by atoms with Crippen molar-refractivity contribution in [2.24, 2.45) is 0 Å². The molecule has 4 nitrogen and oxygen atoms in total. The Bertz CT molecular complexity index is 277. The van der Waals surface area contributed by atoms with Crippen molar-refractivity contribution in [3.05, 3.63) is 0 Å². The Balaban J connectivity index is 1.82. The van der Waals surface area contributed by atoms with Crippen LogP contribution in [0.1, 0.15) is 44.9 Å². The average molecular weight is 254 g/mol. The third-order valence-electron chi connectivity index (χ3n) is 4.56. The Morgan fingerprint density at radius 1 is 1.22 bits per heavy atom. The summed E-state index contributed by atoms with van der Waals surface area (Å²) >= 11 is 0. The zero-order valence-corrected chi connectivity index (χ0v) is 11.5. The number of amides is 1. The van der Waals surface area contributed by atoms with Gasteiger partial charge in [-0.25, -0.2) is 0 Å². The smallest absolute Gasteiger partial charge is 0.236 e. The molecule has 1 saturated heterocycles. The minimum atomic E-state index is 0.181. The van der Waals surface area contributed by atoms with Gasteiger partial charge in [-0.15, -0.1) is 0 Å². The highest BCUT2D eigenvalue weighted by Gasteiger charge is 2.28. The van der Waals surface area contributed by atoms with E-state index in [9.17, 15) is 9.90 Å². The maximum absolute atomic E-state index is 12.3. The fraction of sp³-hybridized carbons (Fsp3) is 0.929. The summed E-state index contributed by atoms with van der Waals surface area (Å²) in [6.07, 6.45) is 8.27. The lowest BCUT2D eigenvalue weighted by Gasteiger charge is -2.33. The Labute approximate surface area is 110 Å². The first-order valence-electron chi connectivity index (χ1n) is 7.33. The lowest BCUT2D eigenvalue weighted by Crippen LogP contribution is -2.45. The van der Waals surface area contributed by atoms with Crippen molar-refractivity contribution in [1.82, 2.24) is 9.80 Å². The standard InChI is InChI=1S/C14H26N2O2/c1-15(12-6-3-2-4-7-12)14(18)10-16-9-5-8-13(16)11-17/h12-13,17H,2-11H2,1H3/t13-/m0/s1. The number of carbonyl (C=O) groups excluding carboxylic acids is 1. The van der Waals surface area contributed by atoms with E-state index in [0.29, 0.717) is 12.6 Å². The molecule has 0 aromatic rings. The Kier molecular flexibility index (Phi) is 5.01. The highest BCUT2D eigenvalue weighted by molar-refractivity contribution is 5.78. The molecule has 0 aromatic carbocycles. The molecule has 0 spiro atoms. The summed E-state index contributed by atoms with van der Waals surface area (Å²) in [4.78, 5) is 16.4. The van der Waals surface area contributed by atoms with Gasteiger partial charge in [-0.1, -0.05) is 19.3 Å². The molecule has 1 amide bonds. The summed E-state index contributed by atoms with van der Waals surface area (Å²) < 4.78 is 0. The zero-order valence-electron chi connectivity index (χ0n) is 11.5. The zero-order chi connectivity index (χ0) is 13.0. The third-order valence-corrected chi connectivity index (χ3v) is 4.56.